The number of sulfonamides is 1. The summed E-state index contributed by atoms with van der Waals surface area (Å²) in [5.74, 6) is -0.323. The molecule has 0 spiro atoms. The van der Waals surface area contributed by atoms with Crippen LogP contribution < -0.4 is 19.5 Å². The summed E-state index contributed by atoms with van der Waals surface area (Å²) in [6, 6.07) is 3.22. The average molecular weight is 430 g/mol. The van der Waals surface area contributed by atoms with E-state index in [-0.39, 0.29) is 12.3 Å². The number of anilines is 1. The van der Waals surface area contributed by atoms with E-state index in [0.717, 1.165) is 6.20 Å². The fourth-order valence-corrected chi connectivity index (χ4v) is 3.49. The molecule has 2 aromatic rings. The lowest BCUT2D eigenvalue weighted by atomic mass is 10.3. The van der Waals surface area contributed by atoms with E-state index in [2.05, 4.69) is 10.4 Å². The van der Waals surface area contributed by atoms with Crippen molar-refractivity contribution in [1.29, 1.82) is 0 Å². The van der Waals surface area contributed by atoms with E-state index in [0.29, 0.717) is 16.2 Å². The molecule has 0 fully saturated rings. The summed E-state index contributed by atoms with van der Waals surface area (Å²) in [6.45, 7) is 0.134. The maximum absolute atomic E-state index is 13.2. The van der Waals surface area contributed by atoms with Crippen LogP contribution in [-0.4, -0.2) is 51.0 Å². The van der Waals surface area contributed by atoms with Crippen molar-refractivity contribution in [3.05, 3.63) is 30.0 Å². The van der Waals surface area contributed by atoms with Crippen LogP contribution in [0, 0.1) is 0 Å². The van der Waals surface area contributed by atoms with Crippen LogP contribution in [0.15, 0.2) is 29.4 Å². The Balaban J connectivity index is 2.29. The molecule has 1 aromatic heterocycles. The molecule has 2 rings (SSSR count). The number of rotatable bonds is 8. The predicted molar refractivity (Wildman–Crippen MR) is 98.2 cm³/mol. The monoisotopic (exact) mass is 430 g/mol. The highest BCUT2D eigenvalue weighted by molar-refractivity contribution is 7.90. The largest absolute Gasteiger partial charge is 0.497 e. The third-order valence-electron chi connectivity index (χ3n) is 3.49. The van der Waals surface area contributed by atoms with Crippen LogP contribution in [0.1, 0.15) is 17.3 Å². The molecule has 0 aliphatic carbocycles. The van der Waals surface area contributed by atoms with Crippen LogP contribution in [0.2, 0.25) is 0 Å². The molecule has 1 heterocycles. The summed E-state index contributed by atoms with van der Waals surface area (Å²) in [6.07, 6.45) is 0.844. The number of halogens is 1. The van der Waals surface area contributed by atoms with Gasteiger partial charge in [0.25, 0.3) is 10.0 Å². The number of amides is 2. The van der Waals surface area contributed by atoms with E-state index in [9.17, 15) is 22.4 Å². The van der Waals surface area contributed by atoms with Crippen molar-refractivity contribution in [2.75, 3.05) is 26.1 Å². The zero-order valence-electron chi connectivity index (χ0n) is 15.8. The minimum atomic E-state index is -4.67. The molecule has 2 amide bonds. The van der Waals surface area contributed by atoms with Gasteiger partial charge in [0.2, 0.25) is 0 Å². The molecular formula is C16H19FN4O7S. The standard InChI is InChI=1S/C16H19FN4O7S/c1-4-28-15(22)13-8-18-21(9-17)14(13)29(24,25)20-16(23)19-10-5-11(26-2)7-12(6-10)27-3/h5-8H,4,9H2,1-3H3,(H2,19,20,23). The number of carbonyl (C=O) groups excluding carboxylic acids is 2. The van der Waals surface area contributed by atoms with Crippen LogP contribution >= 0.6 is 0 Å². The summed E-state index contributed by atoms with van der Waals surface area (Å²) >= 11 is 0. The van der Waals surface area contributed by atoms with Gasteiger partial charge in [0, 0.05) is 23.9 Å². The molecule has 158 valence electrons. The zero-order chi connectivity index (χ0) is 21.6. The number of nitrogens with one attached hydrogen (secondary N) is 2. The molecule has 0 saturated heterocycles. The van der Waals surface area contributed by atoms with Crippen molar-refractivity contribution in [1.82, 2.24) is 14.5 Å². The number of urea groups is 1. The number of alkyl halides is 1. The van der Waals surface area contributed by atoms with Crippen molar-refractivity contribution in [3.63, 3.8) is 0 Å². The number of esters is 1. The normalized spacial score (nSPS) is 10.9. The molecule has 13 heteroatoms. The number of benzene rings is 1. The third-order valence-corrected chi connectivity index (χ3v) is 4.88. The lowest BCUT2D eigenvalue weighted by Crippen LogP contribution is -2.36. The number of methoxy groups -OCH3 is 2. The number of aromatic nitrogens is 2. The number of hydrogen-bond donors (Lipinski definition) is 2. The SMILES string of the molecule is CCOC(=O)c1cnn(CF)c1S(=O)(=O)NC(=O)Nc1cc(OC)cc(OC)c1. The Morgan fingerprint density at radius 2 is 1.79 bits per heavy atom. The Morgan fingerprint density at radius 3 is 2.31 bits per heavy atom. The molecule has 0 aliphatic rings. The maximum atomic E-state index is 13.2. The highest BCUT2D eigenvalue weighted by Crippen LogP contribution is 2.26. The molecule has 2 N–H and O–H groups in total. The third kappa shape index (κ3) is 5.13. The lowest BCUT2D eigenvalue weighted by Gasteiger charge is -2.12. The second kappa shape index (κ2) is 9.23. The first-order chi connectivity index (χ1) is 13.7. The highest BCUT2D eigenvalue weighted by atomic mass is 32.2. The van der Waals surface area contributed by atoms with Crippen molar-refractivity contribution < 1.29 is 36.6 Å². The van der Waals surface area contributed by atoms with Crippen molar-refractivity contribution in [2.24, 2.45) is 0 Å². The van der Waals surface area contributed by atoms with Crippen molar-refractivity contribution in [3.8, 4) is 11.5 Å². The van der Waals surface area contributed by atoms with Crippen molar-refractivity contribution in [2.45, 2.75) is 18.7 Å². The predicted octanol–water partition coefficient (Wildman–Crippen LogP) is 1.51. The van der Waals surface area contributed by atoms with E-state index in [1.807, 2.05) is 0 Å². The Kier molecular flexibility index (Phi) is 6.98. The summed E-state index contributed by atoms with van der Waals surface area (Å²) in [5, 5.41) is 4.95. The smallest absolute Gasteiger partial charge is 0.342 e. The number of hydrogen-bond acceptors (Lipinski definition) is 8. The van der Waals surface area contributed by atoms with Gasteiger partial charge < -0.3 is 19.5 Å². The van der Waals surface area contributed by atoms with E-state index in [4.69, 9.17) is 14.2 Å². The van der Waals surface area contributed by atoms with Gasteiger partial charge in [-0.15, -0.1) is 0 Å². The molecule has 0 atom stereocenters. The van der Waals surface area contributed by atoms with Gasteiger partial charge in [-0.3, -0.25) is 0 Å². The van der Waals surface area contributed by atoms with Crippen LogP contribution in [0.5, 0.6) is 11.5 Å². The van der Waals surface area contributed by atoms with Gasteiger partial charge in [-0.1, -0.05) is 0 Å². The Hall–Kier alpha value is -3.35. The Morgan fingerprint density at radius 1 is 1.17 bits per heavy atom. The fraction of sp³-hybridized carbons (Fsp3) is 0.312. The molecular weight excluding hydrogens is 411 g/mol. The van der Waals surface area contributed by atoms with E-state index < -0.39 is 39.4 Å². The topological polar surface area (TPSA) is 138 Å². The summed E-state index contributed by atoms with van der Waals surface area (Å²) in [4.78, 5) is 24.1. The van der Waals surface area contributed by atoms with Gasteiger partial charge in [-0.25, -0.2) is 23.4 Å². The first kappa shape index (κ1) is 21.9. The molecule has 0 saturated carbocycles. The van der Waals surface area contributed by atoms with Gasteiger partial charge >= 0.3 is 12.0 Å². The molecule has 0 bridgehead atoms. The minimum absolute atomic E-state index is 0.0370. The number of nitrogens with zero attached hydrogens (tertiary/aromatic N) is 2. The molecule has 0 radical (unpaired) electrons. The first-order valence-corrected chi connectivity index (χ1v) is 9.59. The number of ether oxygens (including phenoxy) is 3. The van der Waals surface area contributed by atoms with Gasteiger partial charge in [0.05, 0.1) is 27.0 Å². The second-order valence-corrected chi connectivity index (χ2v) is 6.96. The molecule has 0 aliphatic heterocycles. The van der Waals surface area contributed by atoms with Crippen LogP contribution in [0.25, 0.3) is 0 Å². The Bertz CT molecular complexity index is 984. The lowest BCUT2D eigenvalue weighted by molar-refractivity contribution is 0.0521. The van der Waals surface area contributed by atoms with Crippen LogP contribution in [0.3, 0.4) is 0 Å². The van der Waals surface area contributed by atoms with Crippen molar-refractivity contribution >= 4 is 27.7 Å². The maximum Gasteiger partial charge on any atom is 0.342 e. The van der Waals surface area contributed by atoms with Gasteiger partial charge in [0.15, 0.2) is 11.8 Å². The summed E-state index contributed by atoms with van der Waals surface area (Å²) in [7, 11) is -1.87. The van der Waals surface area contributed by atoms with Crippen LogP contribution in [-0.2, 0) is 21.6 Å². The fourth-order valence-electron chi connectivity index (χ4n) is 2.30. The van der Waals surface area contributed by atoms with Gasteiger partial charge in [-0.05, 0) is 6.92 Å². The Labute approximate surface area is 165 Å². The number of carbonyl (C=O) groups is 2. The summed E-state index contributed by atoms with van der Waals surface area (Å²) in [5.41, 5.74) is -0.341. The average Bonchev–Trinajstić information content (AvgIpc) is 3.12. The van der Waals surface area contributed by atoms with E-state index in [1.165, 1.54) is 33.3 Å². The molecule has 1 aromatic carbocycles. The molecule has 29 heavy (non-hydrogen) atoms. The molecule has 0 unspecified atom stereocenters. The minimum Gasteiger partial charge on any atom is -0.497 e. The van der Waals surface area contributed by atoms with Crippen LogP contribution in [0.4, 0.5) is 14.9 Å². The summed E-state index contributed by atoms with van der Waals surface area (Å²) < 4.78 is 55.3. The first-order valence-electron chi connectivity index (χ1n) is 8.11. The second-order valence-electron chi connectivity index (χ2n) is 5.36. The zero-order valence-corrected chi connectivity index (χ0v) is 16.6. The van der Waals surface area contributed by atoms with E-state index >= 15 is 0 Å². The van der Waals surface area contributed by atoms with Gasteiger partial charge in [0.1, 0.15) is 17.1 Å². The molecule has 11 nitrogen and oxygen atoms in total. The van der Waals surface area contributed by atoms with E-state index in [1.54, 1.807) is 10.8 Å². The highest BCUT2D eigenvalue weighted by Gasteiger charge is 2.31. The van der Waals surface area contributed by atoms with Gasteiger partial charge in [-0.2, -0.15) is 13.5 Å². The quantitative estimate of drug-likeness (QED) is 0.601.